The van der Waals surface area contributed by atoms with E-state index in [1.807, 2.05) is 0 Å². The van der Waals surface area contributed by atoms with Gasteiger partial charge in [-0.1, -0.05) is 0 Å². The maximum absolute atomic E-state index is 13.4. The van der Waals surface area contributed by atoms with E-state index in [0.717, 1.165) is 4.90 Å². The summed E-state index contributed by atoms with van der Waals surface area (Å²) in [6, 6.07) is 6.43. The number of hydrogen-bond acceptors (Lipinski definition) is 6. The molecule has 30 heavy (non-hydrogen) atoms. The van der Waals surface area contributed by atoms with Crippen molar-refractivity contribution in [1.29, 1.82) is 5.26 Å². The first-order valence-corrected chi connectivity index (χ1v) is 11.2. The highest BCUT2D eigenvalue weighted by Gasteiger charge is 2.64. The summed E-state index contributed by atoms with van der Waals surface area (Å²) in [7, 11) is -3.53. The summed E-state index contributed by atoms with van der Waals surface area (Å²) in [5.74, 6) is -0.439. The van der Waals surface area contributed by atoms with Gasteiger partial charge in [-0.05, 0) is 44.5 Å². The van der Waals surface area contributed by atoms with Crippen molar-refractivity contribution in [2.24, 2.45) is 0 Å². The number of pyridine rings is 1. The first-order chi connectivity index (χ1) is 14.3. The van der Waals surface area contributed by atoms with Gasteiger partial charge in [-0.3, -0.25) is 9.78 Å². The molecule has 1 aromatic heterocycles. The van der Waals surface area contributed by atoms with E-state index in [-0.39, 0.29) is 12.6 Å². The highest BCUT2D eigenvalue weighted by atomic mass is 32.2. The van der Waals surface area contributed by atoms with Gasteiger partial charge in [0.25, 0.3) is 5.91 Å². The van der Waals surface area contributed by atoms with Crippen molar-refractivity contribution in [2.45, 2.75) is 43.6 Å². The molecule has 2 aromatic rings. The fraction of sp³-hybridized carbons (Fsp3) is 0.400. The number of piperazine rings is 1. The van der Waals surface area contributed by atoms with Gasteiger partial charge in [0.05, 0.1) is 28.1 Å². The van der Waals surface area contributed by atoms with Gasteiger partial charge < -0.3 is 4.90 Å². The first kappa shape index (κ1) is 19.0. The van der Waals surface area contributed by atoms with E-state index in [2.05, 4.69) is 11.1 Å². The summed E-state index contributed by atoms with van der Waals surface area (Å²) >= 11 is 0. The molecule has 154 valence electrons. The van der Waals surface area contributed by atoms with E-state index in [0.29, 0.717) is 28.6 Å². The lowest BCUT2D eigenvalue weighted by Crippen LogP contribution is -2.55. The smallest absolute Gasteiger partial charge is 0.306 e. The predicted molar refractivity (Wildman–Crippen MR) is 108 cm³/mol. The molecule has 0 aliphatic carbocycles. The Balaban J connectivity index is 1.58. The zero-order chi connectivity index (χ0) is 21.4. The second-order valence-electron chi connectivity index (χ2n) is 8.07. The van der Waals surface area contributed by atoms with Crippen LogP contribution in [0, 0.1) is 11.3 Å². The summed E-state index contributed by atoms with van der Waals surface area (Å²) < 4.78 is 26.9. The van der Waals surface area contributed by atoms with E-state index in [4.69, 9.17) is 0 Å². The molecular weight excluding hydrogens is 406 g/mol. The average molecular weight is 425 g/mol. The van der Waals surface area contributed by atoms with E-state index in [9.17, 15) is 23.3 Å². The molecule has 3 aliphatic heterocycles. The highest BCUT2D eigenvalue weighted by Crippen LogP contribution is 2.44. The van der Waals surface area contributed by atoms with Crippen LogP contribution in [0.1, 0.15) is 25.8 Å². The summed E-state index contributed by atoms with van der Waals surface area (Å²) in [4.78, 5) is 33.5. The Morgan fingerprint density at radius 3 is 2.70 bits per heavy atom. The van der Waals surface area contributed by atoms with Crippen LogP contribution in [0.3, 0.4) is 0 Å². The maximum atomic E-state index is 13.4. The maximum Gasteiger partial charge on any atom is 0.332 e. The van der Waals surface area contributed by atoms with Gasteiger partial charge in [0.2, 0.25) is 10.0 Å². The number of benzene rings is 1. The Morgan fingerprint density at radius 2 is 2.00 bits per heavy atom. The van der Waals surface area contributed by atoms with Crippen LogP contribution in [-0.2, 0) is 14.8 Å². The third kappa shape index (κ3) is 2.30. The quantitative estimate of drug-likeness (QED) is 0.688. The molecular formula is C20H19N5O4S. The SMILES string of the molecule is CC(C)S(=O)(=O)N1C[C@@H]2C[C@H]1[C@H]1C(=O)N(c3ccc(C#N)c4ncccc34)C(=O)N21. The third-order valence-corrected chi connectivity index (χ3v) is 8.51. The lowest BCUT2D eigenvalue weighted by molar-refractivity contribution is -0.120. The molecule has 4 heterocycles. The van der Waals surface area contributed by atoms with Crippen molar-refractivity contribution >= 4 is 38.6 Å². The number of aromatic nitrogens is 1. The van der Waals surface area contributed by atoms with Crippen LogP contribution in [0.15, 0.2) is 30.5 Å². The van der Waals surface area contributed by atoms with Crippen LogP contribution in [-0.4, -0.2) is 64.5 Å². The molecule has 0 unspecified atom stereocenters. The van der Waals surface area contributed by atoms with Gasteiger partial charge in [0.1, 0.15) is 12.1 Å². The standard InChI is InChI=1S/C20H19N5O4S/c1-11(2)30(28,29)23-10-13-8-16(23)18-19(26)25(20(27)24(13)18)15-6-5-12(9-21)17-14(15)4-3-7-22-17/h3-7,11,13,16,18H,8,10H2,1-2H3/t13-,16-,18-/m0/s1. The largest absolute Gasteiger partial charge is 0.332 e. The number of fused-ring (bicyclic) bond motifs is 6. The normalized spacial score (nSPS) is 26.1. The molecule has 3 fully saturated rings. The molecule has 3 atom stereocenters. The van der Waals surface area contributed by atoms with Crippen molar-refractivity contribution in [3.63, 3.8) is 0 Å². The summed E-state index contributed by atoms with van der Waals surface area (Å²) in [6.45, 7) is 3.44. The summed E-state index contributed by atoms with van der Waals surface area (Å²) in [5.41, 5.74) is 1.12. The zero-order valence-corrected chi connectivity index (χ0v) is 17.2. The fourth-order valence-corrected chi connectivity index (χ4v) is 6.34. The number of urea groups is 1. The zero-order valence-electron chi connectivity index (χ0n) is 16.4. The lowest BCUT2D eigenvalue weighted by Gasteiger charge is -2.34. The van der Waals surface area contributed by atoms with Crippen LogP contribution in [0.5, 0.6) is 0 Å². The molecule has 9 nitrogen and oxygen atoms in total. The molecule has 10 heteroatoms. The highest BCUT2D eigenvalue weighted by molar-refractivity contribution is 7.89. The monoisotopic (exact) mass is 425 g/mol. The number of hydrogen-bond donors (Lipinski definition) is 0. The van der Waals surface area contributed by atoms with E-state index >= 15 is 0 Å². The van der Waals surface area contributed by atoms with Crippen LogP contribution in [0.25, 0.3) is 10.9 Å². The van der Waals surface area contributed by atoms with Crippen molar-refractivity contribution in [3.8, 4) is 6.07 Å². The van der Waals surface area contributed by atoms with Crippen molar-refractivity contribution < 1.29 is 18.0 Å². The molecule has 2 bridgehead atoms. The number of amides is 3. The number of rotatable bonds is 3. The van der Waals surface area contributed by atoms with Gasteiger partial charge in [-0.25, -0.2) is 18.1 Å². The van der Waals surface area contributed by atoms with Gasteiger partial charge in [-0.15, -0.1) is 0 Å². The number of nitriles is 1. The molecule has 1 aromatic carbocycles. The molecule has 0 spiro atoms. The number of nitrogens with zero attached hydrogens (tertiary/aromatic N) is 5. The second-order valence-corrected chi connectivity index (χ2v) is 10.5. The number of carbonyl (C=O) groups excluding carboxylic acids is 2. The predicted octanol–water partition coefficient (Wildman–Crippen LogP) is 1.44. The van der Waals surface area contributed by atoms with Gasteiger partial charge in [-0.2, -0.15) is 9.57 Å². The van der Waals surface area contributed by atoms with Crippen molar-refractivity contribution in [3.05, 3.63) is 36.0 Å². The topological polar surface area (TPSA) is 115 Å². The molecule has 0 saturated carbocycles. The third-order valence-electron chi connectivity index (χ3n) is 6.25. The number of anilines is 1. The Kier molecular flexibility index (Phi) is 3.94. The first-order valence-electron chi connectivity index (χ1n) is 9.72. The minimum absolute atomic E-state index is 0.213. The molecule has 0 N–H and O–H groups in total. The average Bonchev–Trinajstić information content (AvgIpc) is 3.39. The van der Waals surface area contributed by atoms with Crippen LogP contribution >= 0.6 is 0 Å². The van der Waals surface area contributed by atoms with Crippen molar-refractivity contribution in [1.82, 2.24) is 14.2 Å². The number of imide groups is 1. The van der Waals surface area contributed by atoms with Crippen LogP contribution in [0.2, 0.25) is 0 Å². The number of carbonyl (C=O) groups is 2. The van der Waals surface area contributed by atoms with E-state index in [1.165, 1.54) is 9.21 Å². The van der Waals surface area contributed by atoms with Gasteiger partial charge in [0, 0.05) is 24.2 Å². The lowest BCUT2D eigenvalue weighted by atomic mass is 10.1. The molecule has 0 radical (unpaired) electrons. The molecule has 3 saturated heterocycles. The Hall–Kier alpha value is -3.03. The Bertz CT molecular complexity index is 1250. The Labute approximate surface area is 173 Å². The molecule has 3 amide bonds. The molecule has 3 aliphatic rings. The minimum Gasteiger partial charge on any atom is -0.306 e. The van der Waals surface area contributed by atoms with Crippen LogP contribution in [0.4, 0.5) is 10.5 Å². The summed E-state index contributed by atoms with van der Waals surface area (Å²) in [5, 5.41) is 9.28. The molecule has 5 rings (SSSR count). The van der Waals surface area contributed by atoms with E-state index in [1.54, 1.807) is 44.3 Å². The van der Waals surface area contributed by atoms with E-state index < -0.39 is 39.3 Å². The van der Waals surface area contributed by atoms with Crippen LogP contribution < -0.4 is 4.90 Å². The van der Waals surface area contributed by atoms with Gasteiger partial charge >= 0.3 is 6.03 Å². The number of sulfonamides is 1. The van der Waals surface area contributed by atoms with Crippen molar-refractivity contribution in [2.75, 3.05) is 11.4 Å². The second kappa shape index (κ2) is 6.23. The fourth-order valence-electron chi connectivity index (χ4n) is 4.84. The van der Waals surface area contributed by atoms with Gasteiger partial charge in [0.15, 0.2) is 0 Å². The summed E-state index contributed by atoms with van der Waals surface area (Å²) in [6.07, 6.45) is 2.02. The minimum atomic E-state index is -3.53. The Morgan fingerprint density at radius 1 is 1.23 bits per heavy atom.